The highest BCUT2D eigenvalue weighted by molar-refractivity contribution is 5.76. The maximum atomic E-state index is 13.0. The molecule has 1 aromatic heterocycles. The van der Waals surface area contributed by atoms with Gasteiger partial charge in [0.15, 0.2) is 0 Å². The number of benzene rings is 1. The maximum Gasteiger partial charge on any atom is 0.227 e. The zero-order chi connectivity index (χ0) is 17.6. The van der Waals surface area contributed by atoms with Crippen molar-refractivity contribution < 1.29 is 9.18 Å². The molecule has 1 saturated heterocycles. The average molecular weight is 342 g/mol. The third-order valence-electron chi connectivity index (χ3n) is 4.43. The van der Waals surface area contributed by atoms with Crippen LogP contribution in [0, 0.1) is 5.82 Å². The molecule has 132 valence electrons. The summed E-state index contributed by atoms with van der Waals surface area (Å²) in [6.45, 7) is 3.57. The Bertz CT molecular complexity index is 720. The number of aromatic nitrogens is 2. The van der Waals surface area contributed by atoms with E-state index < -0.39 is 0 Å². The van der Waals surface area contributed by atoms with Gasteiger partial charge in [-0.1, -0.05) is 6.92 Å². The van der Waals surface area contributed by atoms with E-state index in [0.717, 1.165) is 37.2 Å². The first-order chi connectivity index (χ1) is 12.2. The Morgan fingerprint density at radius 3 is 2.88 bits per heavy atom. The van der Waals surface area contributed by atoms with Gasteiger partial charge < -0.3 is 10.2 Å². The van der Waals surface area contributed by atoms with Crippen LogP contribution in [0.3, 0.4) is 0 Å². The summed E-state index contributed by atoms with van der Waals surface area (Å²) in [6, 6.07) is 8.00. The molecule has 0 spiro atoms. The van der Waals surface area contributed by atoms with Crippen LogP contribution in [0.4, 0.5) is 16.0 Å². The minimum absolute atomic E-state index is 0.228. The minimum atomic E-state index is -0.278. The van der Waals surface area contributed by atoms with E-state index in [1.165, 1.54) is 12.1 Å². The van der Waals surface area contributed by atoms with Crippen LogP contribution in [0.25, 0.3) is 0 Å². The van der Waals surface area contributed by atoms with Gasteiger partial charge in [0, 0.05) is 37.3 Å². The lowest BCUT2D eigenvalue weighted by molar-refractivity contribution is -0.132. The molecule has 25 heavy (non-hydrogen) atoms. The number of piperidine rings is 1. The van der Waals surface area contributed by atoms with Gasteiger partial charge in [-0.05, 0) is 49.6 Å². The summed E-state index contributed by atoms with van der Waals surface area (Å²) in [5, 5.41) is 3.10. The van der Waals surface area contributed by atoms with E-state index in [-0.39, 0.29) is 17.6 Å². The number of hydrogen-bond acceptors (Lipinski definition) is 4. The van der Waals surface area contributed by atoms with E-state index >= 15 is 0 Å². The number of halogens is 1. The molecule has 2 heterocycles. The zero-order valence-corrected chi connectivity index (χ0v) is 14.4. The second-order valence-electron chi connectivity index (χ2n) is 6.37. The molecule has 5 nitrogen and oxygen atoms in total. The number of hydrogen-bond donors (Lipinski definition) is 1. The molecule has 1 aliphatic rings. The number of amides is 1. The van der Waals surface area contributed by atoms with Crippen LogP contribution in [0.2, 0.25) is 0 Å². The summed E-state index contributed by atoms with van der Waals surface area (Å²) >= 11 is 0. The molecule has 1 fully saturated rings. The Balaban J connectivity index is 1.70. The highest BCUT2D eigenvalue weighted by atomic mass is 19.1. The smallest absolute Gasteiger partial charge is 0.227 e. The van der Waals surface area contributed by atoms with Crippen molar-refractivity contribution in [2.24, 2.45) is 0 Å². The topological polar surface area (TPSA) is 58.1 Å². The summed E-state index contributed by atoms with van der Waals surface area (Å²) in [5.74, 6) is 0.664. The van der Waals surface area contributed by atoms with E-state index in [1.807, 2.05) is 17.9 Å². The monoisotopic (exact) mass is 342 g/mol. The van der Waals surface area contributed by atoms with Crippen molar-refractivity contribution in [2.75, 3.05) is 18.4 Å². The van der Waals surface area contributed by atoms with Crippen molar-refractivity contribution in [2.45, 2.75) is 38.5 Å². The Morgan fingerprint density at radius 1 is 1.32 bits per heavy atom. The Kier molecular flexibility index (Phi) is 5.58. The van der Waals surface area contributed by atoms with Gasteiger partial charge in [-0.2, -0.15) is 0 Å². The standard InChI is InChI=1S/C19H23FN4O/c1-2-4-18(25)24-12-3-5-14(13-24)17-10-11-21-19(23-17)22-16-8-6-15(20)7-9-16/h6-11,14H,2-5,12-13H2,1H3,(H,21,22,23). The molecule has 1 unspecified atom stereocenters. The number of rotatable bonds is 5. The summed E-state index contributed by atoms with van der Waals surface area (Å²) < 4.78 is 13.0. The minimum Gasteiger partial charge on any atom is -0.342 e. The normalized spacial score (nSPS) is 17.4. The van der Waals surface area contributed by atoms with Gasteiger partial charge in [0.25, 0.3) is 0 Å². The quantitative estimate of drug-likeness (QED) is 0.896. The molecule has 1 atom stereocenters. The van der Waals surface area contributed by atoms with Crippen molar-refractivity contribution >= 4 is 17.5 Å². The van der Waals surface area contributed by atoms with E-state index in [0.29, 0.717) is 18.9 Å². The largest absolute Gasteiger partial charge is 0.342 e. The Morgan fingerprint density at radius 2 is 2.12 bits per heavy atom. The van der Waals surface area contributed by atoms with Gasteiger partial charge in [0.1, 0.15) is 5.82 Å². The summed E-state index contributed by atoms with van der Waals surface area (Å²) in [4.78, 5) is 23.0. The molecule has 2 aromatic rings. The molecule has 0 saturated carbocycles. The second-order valence-corrected chi connectivity index (χ2v) is 6.37. The molecule has 1 aliphatic heterocycles. The van der Waals surface area contributed by atoms with Gasteiger partial charge in [0.2, 0.25) is 11.9 Å². The first-order valence-electron chi connectivity index (χ1n) is 8.79. The van der Waals surface area contributed by atoms with Crippen molar-refractivity contribution in [3.63, 3.8) is 0 Å². The van der Waals surface area contributed by atoms with E-state index in [2.05, 4.69) is 15.3 Å². The number of carbonyl (C=O) groups is 1. The van der Waals surface area contributed by atoms with Crippen LogP contribution in [-0.2, 0) is 4.79 Å². The predicted octanol–water partition coefficient (Wildman–Crippen LogP) is 3.87. The lowest BCUT2D eigenvalue weighted by Gasteiger charge is -2.32. The second kappa shape index (κ2) is 8.05. The number of nitrogens with zero attached hydrogens (tertiary/aromatic N) is 3. The fraction of sp³-hybridized carbons (Fsp3) is 0.421. The highest BCUT2D eigenvalue weighted by Gasteiger charge is 2.25. The maximum absolute atomic E-state index is 13.0. The Labute approximate surface area is 147 Å². The number of anilines is 2. The van der Waals surface area contributed by atoms with E-state index in [1.54, 1.807) is 18.3 Å². The average Bonchev–Trinajstić information content (AvgIpc) is 2.64. The van der Waals surface area contributed by atoms with Crippen LogP contribution in [0.15, 0.2) is 36.5 Å². The van der Waals surface area contributed by atoms with Crippen molar-refractivity contribution in [1.82, 2.24) is 14.9 Å². The van der Waals surface area contributed by atoms with Crippen LogP contribution in [0.5, 0.6) is 0 Å². The van der Waals surface area contributed by atoms with E-state index in [4.69, 9.17) is 0 Å². The van der Waals surface area contributed by atoms with Crippen LogP contribution < -0.4 is 5.32 Å². The van der Waals surface area contributed by atoms with Gasteiger partial charge >= 0.3 is 0 Å². The molecule has 0 bridgehead atoms. The van der Waals surface area contributed by atoms with Crippen molar-refractivity contribution in [3.8, 4) is 0 Å². The van der Waals surface area contributed by atoms with Crippen molar-refractivity contribution in [3.05, 3.63) is 48.0 Å². The molecular weight excluding hydrogens is 319 g/mol. The molecule has 3 rings (SSSR count). The molecule has 1 amide bonds. The first-order valence-corrected chi connectivity index (χ1v) is 8.79. The third-order valence-corrected chi connectivity index (χ3v) is 4.43. The van der Waals surface area contributed by atoms with Crippen LogP contribution >= 0.6 is 0 Å². The fourth-order valence-electron chi connectivity index (χ4n) is 3.14. The van der Waals surface area contributed by atoms with Crippen LogP contribution in [-0.4, -0.2) is 33.9 Å². The fourth-order valence-corrected chi connectivity index (χ4v) is 3.14. The summed E-state index contributed by atoms with van der Waals surface area (Å²) in [7, 11) is 0. The Hall–Kier alpha value is -2.50. The predicted molar refractivity (Wildman–Crippen MR) is 95.2 cm³/mol. The van der Waals surface area contributed by atoms with Gasteiger partial charge in [-0.15, -0.1) is 0 Å². The molecule has 0 aliphatic carbocycles. The molecule has 1 N–H and O–H groups in total. The molecular formula is C19H23FN4O. The first kappa shape index (κ1) is 17.3. The summed E-state index contributed by atoms with van der Waals surface area (Å²) in [5.41, 5.74) is 1.68. The van der Waals surface area contributed by atoms with E-state index in [9.17, 15) is 9.18 Å². The number of likely N-dealkylation sites (tertiary alicyclic amines) is 1. The van der Waals surface area contributed by atoms with Crippen LogP contribution in [0.1, 0.15) is 44.2 Å². The van der Waals surface area contributed by atoms with Gasteiger partial charge in [-0.3, -0.25) is 4.79 Å². The third kappa shape index (κ3) is 4.53. The lowest BCUT2D eigenvalue weighted by Crippen LogP contribution is -2.39. The van der Waals surface area contributed by atoms with Gasteiger partial charge in [-0.25, -0.2) is 14.4 Å². The summed E-state index contributed by atoms with van der Waals surface area (Å²) in [6.07, 6.45) is 5.21. The number of carbonyl (C=O) groups excluding carboxylic acids is 1. The molecule has 1 aromatic carbocycles. The van der Waals surface area contributed by atoms with Gasteiger partial charge in [0.05, 0.1) is 5.69 Å². The molecule has 0 radical (unpaired) electrons. The SMILES string of the molecule is CCCC(=O)N1CCCC(c2ccnc(Nc3ccc(F)cc3)n2)C1. The molecule has 6 heteroatoms. The lowest BCUT2D eigenvalue weighted by atomic mass is 9.94. The van der Waals surface area contributed by atoms with Crippen molar-refractivity contribution in [1.29, 1.82) is 0 Å². The zero-order valence-electron chi connectivity index (χ0n) is 14.4. The highest BCUT2D eigenvalue weighted by Crippen LogP contribution is 2.27. The number of nitrogens with one attached hydrogen (secondary N) is 1.